The van der Waals surface area contributed by atoms with Crippen LogP contribution in [0.2, 0.25) is 5.02 Å². The molecule has 0 amide bonds. The molecule has 0 saturated carbocycles. The lowest BCUT2D eigenvalue weighted by Gasteiger charge is -2.16. The Morgan fingerprint density at radius 2 is 1.72 bits per heavy atom. The highest BCUT2D eigenvalue weighted by Crippen LogP contribution is 2.37. The number of hydrogen-bond acceptors (Lipinski definition) is 3. The Balaban J connectivity index is 1.94. The number of nitrogens with zero attached hydrogens (tertiary/aromatic N) is 1. The van der Waals surface area contributed by atoms with E-state index in [-0.39, 0.29) is 16.1 Å². The predicted octanol–water partition coefficient (Wildman–Crippen LogP) is 5.80. The van der Waals surface area contributed by atoms with Crippen LogP contribution in [0.3, 0.4) is 0 Å². The highest BCUT2D eigenvalue weighted by Gasteiger charge is 2.20. The Morgan fingerprint density at radius 1 is 1.00 bits per heavy atom. The lowest BCUT2D eigenvalue weighted by Crippen LogP contribution is -2.14. The highest BCUT2D eigenvalue weighted by molar-refractivity contribution is 7.92. The van der Waals surface area contributed by atoms with Crippen LogP contribution < -0.4 is 4.72 Å². The fraction of sp³-hybridized carbons (Fsp3) is 0.0455. The molecule has 146 valence electrons. The molecule has 0 saturated heterocycles. The van der Waals surface area contributed by atoms with Crippen LogP contribution in [0.25, 0.3) is 22.0 Å². The maximum Gasteiger partial charge on any atom is 0.261 e. The van der Waals surface area contributed by atoms with E-state index in [9.17, 15) is 12.8 Å². The third kappa shape index (κ3) is 3.81. The molecule has 1 heterocycles. The molecule has 7 heteroatoms. The zero-order chi connectivity index (χ0) is 20.6. The fourth-order valence-electron chi connectivity index (χ4n) is 3.12. The van der Waals surface area contributed by atoms with Crippen molar-refractivity contribution in [2.75, 3.05) is 4.72 Å². The molecular weight excluding hydrogens is 411 g/mol. The van der Waals surface area contributed by atoms with E-state index in [1.165, 1.54) is 24.4 Å². The van der Waals surface area contributed by atoms with E-state index in [2.05, 4.69) is 9.71 Å². The van der Waals surface area contributed by atoms with Gasteiger partial charge in [0.05, 0.1) is 22.3 Å². The van der Waals surface area contributed by atoms with Crippen molar-refractivity contribution in [2.24, 2.45) is 0 Å². The molecule has 0 aliphatic rings. The average Bonchev–Trinajstić information content (AvgIpc) is 2.69. The van der Waals surface area contributed by atoms with E-state index in [1.807, 2.05) is 6.92 Å². The van der Waals surface area contributed by atoms with Crippen LogP contribution in [0.4, 0.5) is 10.1 Å². The molecule has 0 aliphatic carbocycles. The van der Waals surface area contributed by atoms with Gasteiger partial charge in [-0.25, -0.2) is 12.8 Å². The van der Waals surface area contributed by atoms with Crippen LogP contribution >= 0.6 is 11.6 Å². The van der Waals surface area contributed by atoms with Gasteiger partial charge in [-0.15, -0.1) is 0 Å². The van der Waals surface area contributed by atoms with Crippen LogP contribution in [0.5, 0.6) is 0 Å². The van der Waals surface area contributed by atoms with Gasteiger partial charge in [-0.3, -0.25) is 9.71 Å². The number of halogens is 2. The topological polar surface area (TPSA) is 59.1 Å². The molecule has 0 atom stereocenters. The first-order chi connectivity index (χ1) is 13.8. The van der Waals surface area contributed by atoms with Crippen LogP contribution in [-0.4, -0.2) is 13.4 Å². The maximum atomic E-state index is 14.7. The number of fused-ring (bicyclic) bond motifs is 1. The van der Waals surface area contributed by atoms with Crippen LogP contribution in [0.1, 0.15) is 5.56 Å². The number of benzene rings is 3. The summed E-state index contributed by atoms with van der Waals surface area (Å²) in [6.07, 6.45) is 1.39. The van der Waals surface area contributed by atoms with Crippen LogP contribution in [-0.2, 0) is 10.0 Å². The quantitative estimate of drug-likeness (QED) is 0.448. The Kier molecular flexibility index (Phi) is 4.98. The lowest BCUT2D eigenvalue weighted by molar-refractivity contribution is 0.601. The summed E-state index contributed by atoms with van der Waals surface area (Å²) in [6.45, 7) is 1.87. The predicted molar refractivity (Wildman–Crippen MR) is 114 cm³/mol. The number of pyridine rings is 1. The van der Waals surface area contributed by atoms with E-state index in [0.29, 0.717) is 21.5 Å². The van der Waals surface area contributed by atoms with Gasteiger partial charge in [-0.1, -0.05) is 47.5 Å². The Morgan fingerprint density at radius 3 is 2.45 bits per heavy atom. The number of rotatable bonds is 4. The minimum atomic E-state index is -3.90. The zero-order valence-electron chi connectivity index (χ0n) is 15.4. The molecular formula is C22H16ClFN2O2S. The number of nitrogens with one attached hydrogen (secondary N) is 1. The zero-order valence-corrected chi connectivity index (χ0v) is 16.9. The number of sulfonamides is 1. The Bertz CT molecular complexity index is 1320. The summed E-state index contributed by atoms with van der Waals surface area (Å²) in [5.41, 5.74) is 2.32. The maximum absolute atomic E-state index is 14.7. The van der Waals surface area contributed by atoms with Crippen LogP contribution in [0.15, 0.2) is 77.8 Å². The second kappa shape index (κ2) is 7.46. The normalized spacial score (nSPS) is 11.6. The molecule has 0 unspecified atom stereocenters. The van der Waals surface area contributed by atoms with E-state index in [4.69, 9.17) is 11.6 Å². The van der Waals surface area contributed by atoms with Gasteiger partial charge in [-0.2, -0.15) is 0 Å². The fourth-order valence-corrected chi connectivity index (χ4v) is 4.35. The number of anilines is 1. The Labute approximate surface area is 173 Å². The molecule has 0 fully saturated rings. The molecule has 0 aliphatic heterocycles. The number of hydrogen-bond donors (Lipinski definition) is 1. The van der Waals surface area contributed by atoms with E-state index >= 15 is 0 Å². The largest absolute Gasteiger partial charge is 0.277 e. The van der Waals surface area contributed by atoms with Gasteiger partial charge in [0.25, 0.3) is 10.0 Å². The summed E-state index contributed by atoms with van der Waals surface area (Å²) >= 11 is 6.15. The monoisotopic (exact) mass is 426 g/mol. The van der Waals surface area contributed by atoms with E-state index in [0.717, 1.165) is 5.56 Å². The summed E-state index contributed by atoms with van der Waals surface area (Å²) in [7, 11) is -3.90. The van der Waals surface area contributed by atoms with E-state index < -0.39 is 15.8 Å². The second-order valence-corrected chi connectivity index (χ2v) is 8.73. The number of aromatic nitrogens is 1. The summed E-state index contributed by atoms with van der Waals surface area (Å²) in [5.74, 6) is -0.476. The van der Waals surface area contributed by atoms with Crippen LogP contribution in [0, 0.1) is 12.7 Å². The molecule has 0 spiro atoms. The van der Waals surface area contributed by atoms with Crippen molar-refractivity contribution >= 4 is 38.2 Å². The molecule has 29 heavy (non-hydrogen) atoms. The van der Waals surface area contributed by atoms with Gasteiger partial charge in [0.2, 0.25) is 0 Å². The standard InChI is InChI=1S/C22H16ClFN2O2S/c1-14-6-9-16(10-7-14)29(27,28)26-21-13-25-20-11-8-15(23)12-18(20)22(21)17-4-2-3-5-19(17)24/h2-13,26H,1H3. The highest BCUT2D eigenvalue weighted by atomic mass is 35.5. The molecule has 3 aromatic carbocycles. The van der Waals surface area contributed by atoms with Gasteiger partial charge in [-0.05, 0) is 43.3 Å². The first kappa shape index (κ1) is 19.4. The summed E-state index contributed by atoms with van der Waals surface area (Å²) in [6, 6.07) is 17.7. The molecule has 4 aromatic rings. The first-order valence-corrected chi connectivity index (χ1v) is 10.6. The SMILES string of the molecule is Cc1ccc(S(=O)(=O)Nc2cnc3ccc(Cl)cc3c2-c2ccccc2F)cc1. The van der Waals surface area contributed by atoms with E-state index in [1.54, 1.807) is 48.5 Å². The van der Waals surface area contributed by atoms with Gasteiger partial charge in [0.1, 0.15) is 5.82 Å². The minimum Gasteiger partial charge on any atom is -0.277 e. The summed E-state index contributed by atoms with van der Waals surface area (Å²) in [4.78, 5) is 4.43. The van der Waals surface area contributed by atoms with Crippen molar-refractivity contribution < 1.29 is 12.8 Å². The summed E-state index contributed by atoms with van der Waals surface area (Å²) < 4.78 is 43.1. The second-order valence-electron chi connectivity index (χ2n) is 6.61. The van der Waals surface area contributed by atoms with Crippen molar-refractivity contribution in [3.05, 3.63) is 89.3 Å². The average molecular weight is 427 g/mol. The smallest absolute Gasteiger partial charge is 0.261 e. The Hall–Kier alpha value is -2.96. The third-order valence-corrected chi connectivity index (χ3v) is 6.17. The van der Waals surface area contributed by atoms with Crippen molar-refractivity contribution in [3.8, 4) is 11.1 Å². The lowest BCUT2D eigenvalue weighted by atomic mass is 9.99. The molecule has 0 bridgehead atoms. The molecule has 4 rings (SSSR count). The van der Waals surface area contributed by atoms with Gasteiger partial charge < -0.3 is 0 Å². The van der Waals surface area contributed by atoms with Gasteiger partial charge in [0, 0.05) is 21.5 Å². The van der Waals surface area contributed by atoms with Gasteiger partial charge >= 0.3 is 0 Å². The third-order valence-electron chi connectivity index (χ3n) is 4.55. The van der Waals surface area contributed by atoms with Crippen molar-refractivity contribution in [1.29, 1.82) is 0 Å². The molecule has 1 N–H and O–H groups in total. The van der Waals surface area contributed by atoms with Gasteiger partial charge in [0.15, 0.2) is 0 Å². The minimum absolute atomic E-state index is 0.105. The summed E-state index contributed by atoms with van der Waals surface area (Å²) in [5, 5.41) is 0.988. The van der Waals surface area contributed by atoms with Crippen molar-refractivity contribution in [2.45, 2.75) is 11.8 Å². The van der Waals surface area contributed by atoms with Crippen molar-refractivity contribution in [1.82, 2.24) is 4.98 Å². The number of aryl methyl sites for hydroxylation is 1. The molecule has 1 aromatic heterocycles. The first-order valence-electron chi connectivity index (χ1n) is 8.78. The van der Waals surface area contributed by atoms with Crippen molar-refractivity contribution in [3.63, 3.8) is 0 Å². The molecule has 4 nitrogen and oxygen atoms in total. The molecule has 0 radical (unpaired) electrons.